The highest BCUT2D eigenvalue weighted by atomic mass is 127. The van der Waals surface area contributed by atoms with Gasteiger partial charge in [-0.15, -0.1) is 0 Å². The van der Waals surface area contributed by atoms with Gasteiger partial charge in [-0.3, -0.25) is 0 Å². The van der Waals surface area contributed by atoms with E-state index in [0.29, 0.717) is 6.54 Å². The number of aliphatic hydroxyl groups is 1. The summed E-state index contributed by atoms with van der Waals surface area (Å²) in [5, 5.41) is 8.59. The fraction of sp³-hybridized carbons (Fsp3) is 0.375. The highest BCUT2D eigenvalue weighted by molar-refractivity contribution is 5.01. The van der Waals surface area contributed by atoms with Crippen molar-refractivity contribution in [3.05, 3.63) is 30.1 Å². The van der Waals surface area contributed by atoms with Gasteiger partial charge in [-0.05, 0) is 13.0 Å². The second-order valence-corrected chi connectivity index (χ2v) is 2.34. The maximum atomic E-state index is 8.59. The van der Waals surface area contributed by atoms with Crippen LogP contribution in [0.25, 0.3) is 0 Å². The number of nitrogens with zero attached hydrogens (tertiary/aromatic N) is 1. The molecule has 0 saturated heterocycles. The summed E-state index contributed by atoms with van der Waals surface area (Å²) in [5.41, 5.74) is 1.22. The van der Waals surface area contributed by atoms with Gasteiger partial charge in [0.25, 0.3) is 0 Å². The Bertz CT molecular complexity index is 215. The molecule has 0 aliphatic heterocycles. The van der Waals surface area contributed by atoms with E-state index < -0.39 is 0 Å². The van der Waals surface area contributed by atoms with Crippen molar-refractivity contribution in [2.45, 2.75) is 13.5 Å². The third-order valence-electron chi connectivity index (χ3n) is 1.36. The summed E-state index contributed by atoms with van der Waals surface area (Å²) in [4.78, 5) is 0. The molecular formula is C8H12INO. The van der Waals surface area contributed by atoms with Crippen LogP contribution >= 0.6 is 0 Å². The Morgan fingerprint density at radius 2 is 2.27 bits per heavy atom. The number of aryl methyl sites for hydroxylation is 1. The summed E-state index contributed by atoms with van der Waals surface area (Å²) >= 11 is 0. The van der Waals surface area contributed by atoms with E-state index in [0.717, 1.165) is 0 Å². The van der Waals surface area contributed by atoms with E-state index in [4.69, 9.17) is 5.11 Å². The normalized spacial score (nSPS) is 8.91. The number of halogens is 1. The molecular weight excluding hydrogens is 253 g/mol. The second-order valence-electron chi connectivity index (χ2n) is 2.34. The smallest absolute Gasteiger partial charge is 0.171 e. The summed E-state index contributed by atoms with van der Waals surface area (Å²) in [5.74, 6) is 0. The Hall–Kier alpha value is -0.160. The molecule has 0 aromatic carbocycles. The van der Waals surface area contributed by atoms with E-state index in [1.54, 1.807) is 0 Å². The lowest BCUT2D eigenvalue weighted by Gasteiger charge is -1.92. The minimum absolute atomic E-state index is 0. The van der Waals surface area contributed by atoms with Crippen LogP contribution < -0.4 is 28.5 Å². The van der Waals surface area contributed by atoms with Gasteiger partial charge < -0.3 is 29.1 Å². The van der Waals surface area contributed by atoms with Gasteiger partial charge >= 0.3 is 0 Å². The molecule has 0 aliphatic rings. The largest absolute Gasteiger partial charge is 1.00 e. The van der Waals surface area contributed by atoms with Crippen molar-refractivity contribution in [3.8, 4) is 0 Å². The van der Waals surface area contributed by atoms with E-state index in [9.17, 15) is 0 Å². The minimum atomic E-state index is 0. The fourth-order valence-corrected chi connectivity index (χ4v) is 0.908. The Morgan fingerprint density at radius 1 is 1.55 bits per heavy atom. The molecule has 0 saturated carbocycles. The number of hydrogen-bond acceptors (Lipinski definition) is 1. The predicted molar refractivity (Wildman–Crippen MR) is 38.5 cm³/mol. The van der Waals surface area contributed by atoms with E-state index in [-0.39, 0.29) is 30.6 Å². The lowest BCUT2D eigenvalue weighted by molar-refractivity contribution is -0.698. The van der Waals surface area contributed by atoms with Crippen LogP contribution in [0.15, 0.2) is 24.5 Å². The first-order valence-electron chi connectivity index (χ1n) is 3.39. The topological polar surface area (TPSA) is 24.1 Å². The molecule has 0 radical (unpaired) electrons. The van der Waals surface area contributed by atoms with Crippen molar-refractivity contribution in [1.29, 1.82) is 0 Å². The van der Waals surface area contributed by atoms with Gasteiger partial charge in [-0.25, -0.2) is 4.57 Å². The van der Waals surface area contributed by atoms with Crippen LogP contribution in [0.4, 0.5) is 0 Å². The average molecular weight is 265 g/mol. The molecule has 62 valence electrons. The molecule has 1 aromatic rings. The number of aliphatic hydroxyl groups excluding tert-OH is 1. The Kier molecular flexibility index (Phi) is 5.41. The van der Waals surface area contributed by atoms with Crippen molar-refractivity contribution in [3.63, 3.8) is 0 Å². The number of hydrogen-bond donors (Lipinski definition) is 1. The van der Waals surface area contributed by atoms with Crippen LogP contribution in [0.5, 0.6) is 0 Å². The Morgan fingerprint density at radius 3 is 2.82 bits per heavy atom. The zero-order valence-corrected chi connectivity index (χ0v) is 8.65. The molecule has 0 spiro atoms. The Labute approximate surface area is 83.9 Å². The Balaban J connectivity index is 0.000001000. The molecule has 1 N–H and O–H groups in total. The fourth-order valence-electron chi connectivity index (χ4n) is 0.908. The van der Waals surface area contributed by atoms with E-state index in [1.807, 2.05) is 36.0 Å². The highest BCUT2D eigenvalue weighted by Gasteiger charge is 1.95. The first kappa shape index (κ1) is 10.8. The van der Waals surface area contributed by atoms with Gasteiger partial charge in [0.2, 0.25) is 0 Å². The molecule has 0 fully saturated rings. The standard InChI is InChI=1S/C8H12NO.HI/c1-8-3-2-4-9(7-8)5-6-10;/h2-4,7,10H,5-6H2,1H3;1H/q+1;/p-1. The SMILES string of the molecule is Cc1ccc[n+](CCO)c1.[I-]. The quantitative estimate of drug-likeness (QED) is 0.456. The zero-order valence-electron chi connectivity index (χ0n) is 6.50. The van der Waals surface area contributed by atoms with Crippen molar-refractivity contribution >= 4 is 0 Å². The molecule has 3 heteroatoms. The van der Waals surface area contributed by atoms with Crippen molar-refractivity contribution in [2.75, 3.05) is 6.61 Å². The van der Waals surface area contributed by atoms with Gasteiger partial charge in [-0.2, -0.15) is 0 Å². The van der Waals surface area contributed by atoms with Gasteiger partial charge in [0.05, 0.1) is 0 Å². The molecule has 0 bridgehead atoms. The first-order chi connectivity index (χ1) is 4.83. The van der Waals surface area contributed by atoms with Crippen LogP contribution in [0.2, 0.25) is 0 Å². The number of rotatable bonds is 2. The maximum absolute atomic E-state index is 8.59. The summed E-state index contributed by atoms with van der Waals surface area (Å²) in [7, 11) is 0. The summed E-state index contributed by atoms with van der Waals surface area (Å²) in [6.07, 6.45) is 3.96. The third kappa shape index (κ3) is 3.67. The van der Waals surface area contributed by atoms with Gasteiger partial charge in [-0.1, -0.05) is 0 Å². The summed E-state index contributed by atoms with van der Waals surface area (Å²) < 4.78 is 1.97. The van der Waals surface area contributed by atoms with Crippen LogP contribution in [-0.2, 0) is 6.54 Å². The molecule has 0 atom stereocenters. The molecule has 11 heavy (non-hydrogen) atoms. The van der Waals surface area contributed by atoms with E-state index in [1.165, 1.54) is 5.56 Å². The van der Waals surface area contributed by atoms with E-state index >= 15 is 0 Å². The molecule has 1 heterocycles. The van der Waals surface area contributed by atoms with Gasteiger partial charge in [0.1, 0.15) is 6.61 Å². The highest BCUT2D eigenvalue weighted by Crippen LogP contribution is 1.88. The summed E-state index contributed by atoms with van der Waals surface area (Å²) in [6, 6.07) is 4.01. The van der Waals surface area contributed by atoms with Crippen LogP contribution in [-0.4, -0.2) is 11.7 Å². The lowest BCUT2D eigenvalue weighted by atomic mass is 10.3. The first-order valence-corrected chi connectivity index (χ1v) is 3.39. The van der Waals surface area contributed by atoms with Gasteiger partial charge in [0.15, 0.2) is 18.9 Å². The van der Waals surface area contributed by atoms with Crippen LogP contribution in [0.3, 0.4) is 0 Å². The number of pyridine rings is 1. The van der Waals surface area contributed by atoms with Crippen molar-refractivity contribution in [2.24, 2.45) is 0 Å². The van der Waals surface area contributed by atoms with Crippen molar-refractivity contribution < 1.29 is 33.7 Å². The molecule has 1 rings (SSSR count). The van der Waals surface area contributed by atoms with Gasteiger partial charge in [0, 0.05) is 11.6 Å². The minimum Gasteiger partial charge on any atom is -1.00 e. The van der Waals surface area contributed by atoms with Crippen molar-refractivity contribution in [1.82, 2.24) is 0 Å². The monoisotopic (exact) mass is 265 g/mol. The number of aromatic nitrogens is 1. The summed E-state index contributed by atoms with van der Waals surface area (Å²) in [6.45, 7) is 2.92. The van der Waals surface area contributed by atoms with Crippen LogP contribution in [0, 0.1) is 6.92 Å². The molecule has 0 aliphatic carbocycles. The molecule has 1 aromatic heterocycles. The maximum Gasteiger partial charge on any atom is 0.171 e. The third-order valence-corrected chi connectivity index (χ3v) is 1.36. The molecule has 2 nitrogen and oxygen atoms in total. The average Bonchev–Trinajstić information content (AvgIpc) is 1.88. The zero-order chi connectivity index (χ0) is 7.40. The molecule has 0 amide bonds. The molecule has 0 unspecified atom stereocenters. The van der Waals surface area contributed by atoms with Crippen LogP contribution in [0.1, 0.15) is 5.56 Å². The lowest BCUT2D eigenvalue weighted by Crippen LogP contribution is -3.00. The predicted octanol–water partition coefficient (Wildman–Crippen LogP) is -2.72. The second kappa shape index (κ2) is 5.49. The van der Waals surface area contributed by atoms with E-state index in [2.05, 4.69) is 0 Å².